The van der Waals surface area contributed by atoms with E-state index in [-0.39, 0.29) is 24.0 Å². The number of sulfone groups is 1. The summed E-state index contributed by atoms with van der Waals surface area (Å²) in [6.45, 7) is 9.85. The van der Waals surface area contributed by atoms with Gasteiger partial charge in [0.25, 0.3) is 0 Å². The number of hydrogen-bond donors (Lipinski definition) is 4. The van der Waals surface area contributed by atoms with E-state index in [4.69, 9.17) is 0 Å². The Morgan fingerprint density at radius 2 is 1.76 bits per heavy atom. The van der Waals surface area contributed by atoms with Gasteiger partial charge in [0.05, 0.1) is 22.9 Å². The maximum atomic E-state index is 14.0. The molecule has 0 radical (unpaired) electrons. The molecular formula is C33H51N5O5S2. The van der Waals surface area contributed by atoms with E-state index in [0.717, 1.165) is 31.1 Å². The van der Waals surface area contributed by atoms with Gasteiger partial charge in [-0.3, -0.25) is 14.5 Å². The van der Waals surface area contributed by atoms with Crippen LogP contribution in [0.15, 0.2) is 41.9 Å². The number of amides is 2. The molecule has 2 fully saturated rings. The van der Waals surface area contributed by atoms with Gasteiger partial charge in [0.2, 0.25) is 11.8 Å². The first-order valence-corrected chi connectivity index (χ1v) is 18.8. The maximum Gasteiger partial charge on any atom is 0.244 e. The lowest BCUT2D eigenvalue weighted by atomic mass is 9.72. The number of rotatable bonds is 12. The number of nitrogens with zero attached hydrogens (tertiary/aromatic N) is 2. The summed E-state index contributed by atoms with van der Waals surface area (Å²) in [7, 11) is -3.69. The molecule has 1 saturated heterocycles. The fourth-order valence-electron chi connectivity index (χ4n) is 6.60. The van der Waals surface area contributed by atoms with Gasteiger partial charge in [-0.15, -0.1) is 11.3 Å². The number of nitrogens with one attached hydrogen (secondary N) is 3. The molecule has 2 aromatic rings. The number of anilines is 1. The Morgan fingerprint density at radius 1 is 1.09 bits per heavy atom. The van der Waals surface area contributed by atoms with Gasteiger partial charge in [-0.25, -0.2) is 13.4 Å². The minimum absolute atomic E-state index is 0.0371. The van der Waals surface area contributed by atoms with Crippen LogP contribution in [0.4, 0.5) is 5.13 Å². The molecular weight excluding hydrogens is 611 g/mol. The van der Waals surface area contributed by atoms with Gasteiger partial charge in [0, 0.05) is 36.5 Å². The predicted octanol–water partition coefficient (Wildman–Crippen LogP) is 3.63. The summed E-state index contributed by atoms with van der Waals surface area (Å²) in [6, 6.07) is 7.29. The smallest absolute Gasteiger partial charge is 0.244 e. The molecule has 0 unspecified atom stereocenters. The summed E-state index contributed by atoms with van der Waals surface area (Å²) in [6.07, 6.45) is 7.34. The van der Waals surface area contributed by atoms with E-state index in [0.29, 0.717) is 29.9 Å². The van der Waals surface area contributed by atoms with E-state index in [9.17, 15) is 23.1 Å². The number of aromatic nitrogens is 1. The first-order chi connectivity index (χ1) is 21.0. The number of hydrogen-bond acceptors (Lipinski definition) is 9. The number of likely N-dealkylation sites (tertiary alicyclic amines) is 1. The van der Waals surface area contributed by atoms with Crippen molar-refractivity contribution in [1.82, 2.24) is 20.5 Å². The Balaban J connectivity index is 1.61. The maximum absolute atomic E-state index is 14.0. The first kappa shape index (κ1) is 35.3. The second-order valence-electron chi connectivity index (χ2n) is 14.4. The Hall–Kier alpha value is -2.54. The third-order valence-corrected chi connectivity index (χ3v) is 12.3. The van der Waals surface area contributed by atoms with Gasteiger partial charge in [0.15, 0.2) is 15.0 Å². The van der Waals surface area contributed by atoms with E-state index >= 15 is 0 Å². The summed E-state index contributed by atoms with van der Waals surface area (Å²) in [5.74, 6) is 0.367. The van der Waals surface area contributed by atoms with E-state index in [1.807, 2.05) is 51.1 Å². The zero-order valence-electron chi connectivity index (χ0n) is 27.5. The molecule has 4 rings (SSSR count). The van der Waals surface area contributed by atoms with Crippen molar-refractivity contribution in [2.75, 3.05) is 24.7 Å². The van der Waals surface area contributed by atoms with Crippen molar-refractivity contribution in [3.8, 4) is 0 Å². The van der Waals surface area contributed by atoms with E-state index in [1.54, 1.807) is 11.6 Å². The topological polar surface area (TPSA) is 141 Å². The molecule has 0 spiro atoms. The third kappa shape index (κ3) is 9.27. The van der Waals surface area contributed by atoms with E-state index < -0.39 is 38.7 Å². The SMILES string of the molecule is CC(C)(C)NC(=O)[C@@H]1C[C@@H]2CCCC[C@@H]2CN1C[C@@H](O)[C@H](Cc1ccccc1)NC(=O)[C@@H](Nc1nccs1)C(C)(C)S(C)(=O)=O. The molecule has 4 N–H and O–H groups in total. The number of fused-ring (bicyclic) bond motifs is 1. The van der Waals surface area contributed by atoms with Crippen molar-refractivity contribution in [1.29, 1.82) is 0 Å². The molecule has 250 valence electrons. The van der Waals surface area contributed by atoms with Crippen molar-refractivity contribution in [3.63, 3.8) is 0 Å². The lowest BCUT2D eigenvalue weighted by Gasteiger charge is -2.47. The summed E-state index contributed by atoms with van der Waals surface area (Å²) < 4.78 is 24.3. The first-order valence-electron chi connectivity index (χ1n) is 16.0. The summed E-state index contributed by atoms with van der Waals surface area (Å²) >= 11 is 1.27. The highest BCUT2D eigenvalue weighted by Gasteiger charge is 2.46. The molecule has 1 aromatic heterocycles. The minimum Gasteiger partial charge on any atom is -0.390 e. The molecule has 12 heteroatoms. The Bertz CT molecular complexity index is 1380. The van der Waals surface area contributed by atoms with Crippen LogP contribution in [0.2, 0.25) is 0 Å². The Morgan fingerprint density at radius 3 is 2.36 bits per heavy atom. The van der Waals surface area contributed by atoms with Crippen molar-refractivity contribution in [3.05, 3.63) is 47.5 Å². The fourth-order valence-corrected chi connectivity index (χ4v) is 7.75. The normalized spacial score (nSPS) is 23.3. The number of carbonyl (C=O) groups is 2. The van der Waals surface area contributed by atoms with Gasteiger partial charge in [-0.1, -0.05) is 49.6 Å². The monoisotopic (exact) mass is 661 g/mol. The largest absolute Gasteiger partial charge is 0.390 e. The van der Waals surface area contributed by atoms with Crippen LogP contribution in [0.5, 0.6) is 0 Å². The average molecular weight is 662 g/mol. The summed E-state index contributed by atoms with van der Waals surface area (Å²) in [5.41, 5.74) is 0.530. The van der Waals surface area contributed by atoms with Gasteiger partial charge in [0.1, 0.15) is 6.04 Å². The van der Waals surface area contributed by atoms with Crippen LogP contribution < -0.4 is 16.0 Å². The number of piperidine rings is 1. The standard InChI is InChI=1S/C33H51N5O5S2/c1-32(2,3)37-29(40)26-19-23-14-10-11-15-24(23)20-38(26)21-27(39)25(18-22-12-8-7-9-13-22)35-30(41)28(33(4,5)45(6,42)43)36-31-34-16-17-44-31/h7-9,12-13,16-17,23-28,39H,10-11,14-15,18-21H2,1-6H3,(H,34,36)(H,35,41)(H,37,40)/t23-,24+,25-,26-,27+,28+/m0/s1. The number of β-amino-alcohol motifs (C(OH)–C–C–N with tert-alkyl or cyclic N) is 1. The second kappa shape index (κ2) is 14.5. The van der Waals surface area contributed by atoms with Crippen LogP contribution in [0.25, 0.3) is 0 Å². The molecule has 0 bridgehead atoms. The van der Waals surface area contributed by atoms with Crippen molar-refractivity contribution in [2.24, 2.45) is 11.8 Å². The molecule has 10 nitrogen and oxygen atoms in total. The number of aliphatic hydroxyl groups excluding tert-OH is 1. The highest BCUT2D eigenvalue weighted by Crippen LogP contribution is 2.39. The Labute approximate surface area is 272 Å². The van der Waals surface area contributed by atoms with E-state index in [2.05, 4.69) is 25.8 Å². The highest BCUT2D eigenvalue weighted by molar-refractivity contribution is 7.92. The third-order valence-electron chi connectivity index (χ3n) is 9.43. The predicted molar refractivity (Wildman–Crippen MR) is 180 cm³/mol. The number of thiazole rings is 1. The van der Waals surface area contributed by atoms with Crippen LogP contribution in [0, 0.1) is 11.8 Å². The lowest BCUT2D eigenvalue weighted by molar-refractivity contribution is -0.133. The zero-order chi connectivity index (χ0) is 33.0. The molecule has 1 aromatic carbocycles. The number of benzene rings is 1. The molecule has 45 heavy (non-hydrogen) atoms. The highest BCUT2D eigenvalue weighted by atomic mass is 32.2. The van der Waals surface area contributed by atoms with E-state index in [1.165, 1.54) is 38.0 Å². The van der Waals surface area contributed by atoms with Crippen molar-refractivity contribution in [2.45, 2.75) is 108 Å². The van der Waals surface area contributed by atoms with Gasteiger partial charge >= 0.3 is 0 Å². The van der Waals surface area contributed by atoms with Crippen LogP contribution in [0.1, 0.15) is 72.3 Å². The molecule has 1 saturated carbocycles. The van der Waals surface area contributed by atoms with Crippen LogP contribution >= 0.6 is 11.3 Å². The minimum atomic E-state index is -3.69. The average Bonchev–Trinajstić information content (AvgIpc) is 3.47. The lowest BCUT2D eigenvalue weighted by Crippen LogP contribution is -2.62. The molecule has 1 aliphatic heterocycles. The molecule has 2 amide bonds. The number of carbonyl (C=O) groups excluding carboxylic acids is 2. The van der Waals surface area contributed by atoms with Gasteiger partial charge < -0.3 is 21.1 Å². The summed E-state index contributed by atoms with van der Waals surface area (Å²) in [4.78, 5) is 33.9. The van der Waals surface area contributed by atoms with Crippen LogP contribution in [-0.4, -0.2) is 89.1 Å². The van der Waals surface area contributed by atoms with Gasteiger partial charge in [-0.05, 0) is 71.3 Å². The zero-order valence-corrected chi connectivity index (χ0v) is 29.1. The quantitative estimate of drug-likeness (QED) is 0.271. The summed E-state index contributed by atoms with van der Waals surface area (Å²) in [5, 5.41) is 23.2. The van der Waals surface area contributed by atoms with Crippen molar-refractivity contribution >= 4 is 38.1 Å². The number of aliphatic hydroxyl groups is 1. The van der Waals surface area contributed by atoms with Crippen LogP contribution in [-0.2, 0) is 25.8 Å². The molecule has 2 aliphatic rings. The van der Waals surface area contributed by atoms with Crippen molar-refractivity contribution < 1.29 is 23.1 Å². The second-order valence-corrected chi connectivity index (χ2v) is 17.9. The van der Waals surface area contributed by atoms with Crippen LogP contribution in [0.3, 0.4) is 0 Å². The molecule has 1 aliphatic carbocycles. The van der Waals surface area contributed by atoms with Gasteiger partial charge in [-0.2, -0.15) is 0 Å². The molecule has 6 atom stereocenters. The molecule has 2 heterocycles. The Kier molecular flexibility index (Phi) is 11.4. The fraction of sp³-hybridized carbons (Fsp3) is 0.667.